The number of hydrogen-bond acceptors (Lipinski definition) is 8. The maximum atomic E-state index is 13.8. The Labute approximate surface area is 195 Å². The average Bonchev–Trinajstić information content (AvgIpc) is 3.30. The lowest BCUT2D eigenvalue weighted by Crippen LogP contribution is -2.49. The van der Waals surface area contributed by atoms with Crippen LogP contribution in [-0.2, 0) is 22.7 Å². The number of nitrogens with zero attached hydrogens (tertiary/aromatic N) is 4. The Bertz CT molecular complexity index is 1220. The Kier molecular flexibility index (Phi) is 5.77. The van der Waals surface area contributed by atoms with Gasteiger partial charge in [-0.1, -0.05) is 11.6 Å². The number of morpholine rings is 1. The normalized spacial score (nSPS) is 20.2. The lowest BCUT2D eigenvalue weighted by atomic mass is 10.0. The maximum Gasteiger partial charge on any atom is 0.256 e. The quantitative estimate of drug-likeness (QED) is 0.619. The number of rotatable bonds is 4. The highest BCUT2D eigenvalue weighted by Crippen LogP contribution is 2.36. The van der Waals surface area contributed by atoms with E-state index in [-0.39, 0.29) is 11.9 Å². The highest BCUT2D eigenvalue weighted by molar-refractivity contribution is 6.34. The zero-order valence-corrected chi connectivity index (χ0v) is 19.1. The molecule has 9 nitrogen and oxygen atoms in total. The third-order valence-corrected chi connectivity index (χ3v) is 6.34. The lowest BCUT2D eigenvalue weighted by Gasteiger charge is -2.40. The second-order valence-electron chi connectivity index (χ2n) is 8.14. The largest absolute Gasteiger partial charge is 0.477 e. The third kappa shape index (κ3) is 3.86. The minimum absolute atomic E-state index is 0.185. The van der Waals surface area contributed by atoms with E-state index in [2.05, 4.69) is 15.2 Å². The maximum absolute atomic E-state index is 13.8. The van der Waals surface area contributed by atoms with Crippen molar-refractivity contribution in [3.05, 3.63) is 51.7 Å². The van der Waals surface area contributed by atoms with Crippen LogP contribution in [0.25, 0.3) is 10.9 Å². The second kappa shape index (κ2) is 8.74. The number of aromatic nitrogens is 3. The molecule has 0 bridgehead atoms. The molecule has 172 valence electrons. The van der Waals surface area contributed by atoms with Gasteiger partial charge in [-0.2, -0.15) is 0 Å². The number of nitrogens with two attached hydrogens (primary N) is 1. The molecule has 4 heterocycles. The molecule has 2 aromatic heterocycles. The molecule has 0 saturated carbocycles. The van der Waals surface area contributed by atoms with Gasteiger partial charge in [-0.25, -0.2) is 4.98 Å². The summed E-state index contributed by atoms with van der Waals surface area (Å²) in [5, 5.41) is 9.54. The summed E-state index contributed by atoms with van der Waals surface area (Å²) >= 11 is 6.58. The summed E-state index contributed by atoms with van der Waals surface area (Å²) in [5.41, 5.74) is 9.56. The summed E-state index contributed by atoms with van der Waals surface area (Å²) in [4.78, 5) is 20.1. The van der Waals surface area contributed by atoms with E-state index >= 15 is 0 Å². The zero-order valence-electron chi connectivity index (χ0n) is 18.4. The van der Waals surface area contributed by atoms with Gasteiger partial charge in [0.15, 0.2) is 0 Å². The van der Waals surface area contributed by atoms with E-state index in [9.17, 15) is 4.79 Å². The molecule has 1 aromatic carbocycles. The minimum Gasteiger partial charge on any atom is -0.477 e. The van der Waals surface area contributed by atoms with E-state index < -0.39 is 6.04 Å². The number of amides is 1. The standard InChI is InChI=1S/C23H24ClN5O4/c1-3-33-21-5-4-18(27-28-21)20-11-31-8-12(2)29(20)23(30)14-6-13-15-9-32-10-16(15)22(25)26-19(13)7-17(14)24/h4-7,12,20H,3,8-11H2,1-2H3,(H2,25,26)/t12-,20-/m1/s1. The van der Waals surface area contributed by atoms with Gasteiger partial charge in [-0.3, -0.25) is 4.79 Å². The van der Waals surface area contributed by atoms with Crippen molar-refractivity contribution in [3.63, 3.8) is 0 Å². The van der Waals surface area contributed by atoms with Crippen molar-refractivity contribution >= 4 is 34.2 Å². The molecule has 0 unspecified atom stereocenters. The van der Waals surface area contributed by atoms with Crippen LogP contribution in [0.4, 0.5) is 5.82 Å². The molecule has 2 atom stereocenters. The van der Waals surface area contributed by atoms with Gasteiger partial charge in [0.2, 0.25) is 5.88 Å². The predicted molar refractivity (Wildman–Crippen MR) is 122 cm³/mol. The van der Waals surface area contributed by atoms with Crippen LogP contribution in [-0.4, -0.2) is 51.9 Å². The Morgan fingerprint density at radius 2 is 2.03 bits per heavy atom. The smallest absolute Gasteiger partial charge is 0.256 e. The van der Waals surface area contributed by atoms with Crippen LogP contribution in [0.1, 0.15) is 47.1 Å². The highest BCUT2D eigenvalue weighted by Gasteiger charge is 2.36. The molecular weight excluding hydrogens is 446 g/mol. The SMILES string of the molecule is CCOc1ccc([C@H]2COC[C@@H](C)N2C(=O)c2cc3c4c(c(N)nc3cc2Cl)COC4)nn1. The number of carbonyl (C=O) groups excluding carboxylic acids is 1. The fourth-order valence-electron chi connectivity index (χ4n) is 4.42. The van der Waals surface area contributed by atoms with Gasteiger partial charge in [0.05, 0.1) is 66.9 Å². The summed E-state index contributed by atoms with van der Waals surface area (Å²) in [7, 11) is 0. The number of ether oxygens (including phenoxy) is 3. The molecule has 3 aromatic rings. The number of hydrogen-bond donors (Lipinski definition) is 1. The first-order valence-corrected chi connectivity index (χ1v) is 11.2. The van der Waals surface area contributed by atoms with Gasteiger partial charge in [0.1, 0.15) is 5.82 Å². The summed E-state index contributed by atoms with van der Waals surface area (Å²) in [5.74, 6) is 0.660. The van der Waals surface area contributed by atoms with Gasteiger partial charge in [-0.15, -0.1) is 10.2 Å². The van der Waals surface area contributed by atoms with Crippen LogP contribution < -0.4 is 10.5 Å². The molecule has 2 aliphatic rings. The third-order valence-electron chi connectivity index (χ3n) is 6.02. The van der Waals surface area contributed by atoms with E-state index in [1.165, 1.54) is 0 Å². The number of pyridine rings is 1. The van der Waals surface area contributed by atoms with Gasteiger partial charge in [0.25, 0.3) is 5.91 Å². The summed E-state index contributed by atoms with van der Waals surface area (Å²) < 4.78 is 16.7. The predicted octanol–water partition coefficient (Wildman–Crippen LogP) is 3.29. The first-order valence-electron chi connectivity index (χ1n) is 10.8. The van der Waals surface area contributed by atoms with Gasteiger partial charge in [-0.05, 0) is 37.6 Å². The van der Waals surface area contributed by atoms with Crippen molar-refractivity contribution < 1.29 is 19.0 Å². The fraction of sp³-hybridized carbons (Fsp3) is 0.391. The molecule has 0 radical (unpaired) electrons. The van der Waals surface area contributed by atoms with Crippen molar-refractivity contribution in [2.75, 3.05) is 25.6 Å². The molecule has 0 aliphatic carbocycles. The molecule has 1 fully saturated rings. The Balaban J connectivity index is 1.54. The summed E-state index contributed by atoms with van der Waals surface area (Å²) in [6.07, 6.45) is 0. The molecule has 1 amide bonds. The van der Waals surface area contributed by atoms with Gasteiger partial charge in [0, 0.05) is 17.0 Å². The minimum atomic E-state index is -0.408. The highest BCUT2D eigenvalue weighted by atomic mass is 35.5. The molecule has 10 heteroatoms. The Hall–Kier alpha value is -3.01. The Morgan fingerprint density at radius 3 is 2.79 bits per heavy atom. The first kappa shape index (κ1) is 21.8. The number of carbonyl (C=O) groups is 1. The average molecular weight is 470 g/mol. The molecule has 1 saturated heterocycles. The number of halogens is 1. The number of anilines is 1. The fourth-order valence-corrected chi connectivity index (χ4v) is 4.65. The summed E-state index contributed by atoms with van der Waals surface area (Å²) in [6, 6.07) is 6.45. The van der Waals surface area contributed by atoms with Crippen LogP contribution in [0.15, 0.2) is 24.3 Å². The Morgan fingerprint density at radius 1 is 1.21 bits per heavy atom. The van der Waals surface area contributed by atoms with Crippen LogP contribution in [0.3, 0.4) is 0 Å². The van der Waals surface area contributed by atoms with E-state index in [1.54, 1.807) is 23.1 Å². The van der Waals surface area contributed by atoms with Crippen LogP contribution in [0.2, 0.25) is 5.02 Å². The van der Waals surface area contributed by atoms with Crippen molar-refractivity contribution in [2.45, 2.75) is 39.1 Å². The topological polar surface area (TPSA) is 113 Å². The van der Waals surface area contributed by atoms with E-state index in [4.69, 9.17) is 31.5 Å². The number of benzene rings is 1. The lowest BCUT2D eigenvalue weighted by molar-refractivity contribution is -0.0330. The van der Waals surface area contributed by atoms with E-state index in [1.807, 2.05) is 19.9 Å². The van der Waals surface area contributed by atoms with E-state index in [0.29, 0.717) is 66.5 Å². The van der Waals surface area contributed by atoms with Crippen LogP contribution >= 0.6 is 11.6 Å². The van der Waals surface area contributed by atoms with E-state index in [0.717, 1.165) is 16.5 Å². The monoisotopic (exact) mass is 469 g/mol. The molecule has 33 heavy (non-hydrogen) atoms. The first-order chi connectivity index (χ1) is 16.0. The van der Waals surface area contributed by atoms with Gasteiger partial charge < -0.3 is 24.8 Å². The van der Waals surface area contributed by atoms with Crippen molar-refractivity contribution in [2.24, 2.45) is 0 Å². The molecule has 5 rings (SSSR count). The molecule has 0 spiro atoms. The molecule has 2 N–H and O–H groups in total. The number of nitrogen functional groups attached to an aromatic ring is 1. The van der Waals surface area contributed by atoms with Crippen LogP contribution in [0, 0.1) is 0 Å². The van der Waals surface area contributed by atoms with Crippen molar-refractivity contribution in [3.8, 4) is 5.88 Å². The zero-order chi connectivity index (χ0) is 23.1. The molecular formula is C23H24ClN5O4. The van der Waals surface area contributed by atoms with Crippen molar-refractivity contribution in [1.29, 1.82) is 0 Å². The number of fused-ring (bicyclic) bond motifs is 3. The van der Waals surface area contributed by atoms with Crippen molar-refractivity contribution in [1.82, 2.24) is 20.1 Å². The molecule has 2 aliphatic heterocycles. The summed E-state index contributed by atoms with van der Waals surface area (Å²) in [6.45, 7) is 5.88. The van der Waals surface area contributed by atoms with Gasteiger partial charge >= 0.3 is 0 Å². The second-order valence-corrected chi connectivity index (χ2v) is 8.55. The van der Waals surface area contributed by atoms with Crippen LogP contribution in [0.5, 0.6) is 5.88 Å².